The number of urea groups is 1. The average Bonchev–Trinajstić information content (AvgIpc) is 2.46. The summed E-state index contributed by atoms with van der Waals surface area (Å²) < 4.78 is 0. The Bertz CT molecular complexity index is 442. The van der Waals surface area contributed by atoms with E-state index >= 15 is 0 Å². The molecule has 2 rings (SSSR count). The van der Waals surface area contributed by atoms with Crippen LogP contribution in [0.5, 0.6) is 0 Å². The summed E-state index contributed by atoms with van der Waals surface area (Å²) in [6.07, 6.45) is 8.38. The predicted octanol–water partition coefficient (Wildman–Crippen LogP) is 2.28. The summed E-state index contributed by atoms with van der Waals surface area (Å²) in [4.78, 5) is 13.6. The minimum atomic E-state index is -0.0314. The fourth-order valence-corrected chi connectivity index (χ4v) is 2.53. The first-order valence-electron chi connectivity index (χ1n) is 6.79. The summed E-state index contributed by atoms with van der Waals surface area (Å²) in [7, 11) is 0. The van der Waals surface area contributed by atoms with Crippen molar-refractivity contribution in [2.24, 2.45) is 5.92 Å². The van der Waals surface area contributed by atoms with E-state index < -0.39 is 0 Å². The highest BCUT2D eigenvalue weighted by atomic mass is 16.2. The van der Waals surface area contributed by atoms with Crippen molar-refractivity contribution in [1.29, 1.82) is 0 Å². The van der Waals surface area contributed by atoms with Gasteiger partial charge < -0.3 is 10.2 Å². The number of carbonyl (C=O) groups is 1. The second-order valence-electron chi connectivity index (χ2n) is 4.98. The summed E-state index contributed by atoms with van der Waals surface area (Å²) in [5.74, 6) is 3.10. The molecule has 2 amide bonds. The number of hydrogen-bond donors (Lipinski definition) is 1. The molecule has 1 heterocycles. The van der Waals surface area contributed by atoms with Gasteiger partial charge in [0.15, 0.2) is 0 Å². The molecule has 1 aliphatic heterocycles. The summed E-state index contributed by atoms with van der Waals surface area (Å²) in [5.41, 5.74) is 1.39. The van der Waals surface area contributed by atoms with Gasteiger partial charge in [-0.3, -0.25) is 0 Å². The van der Waals surface area contributed by atoms with Crippen LogP contribution in [0.4, 0.5) is 4.79 Å². The first-order chi connectivity index (χ1) is 9.29. The molecule has 19 heavy (non-hydrogen) atoms. The lowest BCUT2D eigenvalue weighted by molar-refractivity contribution is 0.171. The van der Waals surface area contributed by atoms with E-state index in [1.54, 1.807) is 0 Å². The molecule has 0 radical (unpaired) electrons. The van der Waals surface area contributed by atoms with Crippen LogP contribution in [0.15, 0.2) is 30.3 Å². The Balaban J connectivity index is 1.76. The van der Waals surface area contributed by atoms with Crippen LogP contribution >= 0.6 is 0 Å². The Hall–Kier alpha value is -1.95. The van der Waals surface area contributed by atoms with Crippen LogP contribution in [0.25, 0.3) is 0 Å². The second-order valence-corrected chi connectivity index (χ2v) is 4.98. The van der Waals surface area contributed by atoms with Gasteiger partial charge in [0.25, 0.3) is 0 Å². The fourth-order valence-electron chi connectivity index (χ4n) is 2.53. The van der Waals surface area contributed by atoms with Gasteiger partial charge in [0.05, 0.1) is 6.54 Å². The van der Waals surface area contributed by atoms with E-state index in [1.807, 2.05) is 11.0 Å². The van der Waals surface area contributed by atoms with Gasteiger partial charge >= 0.3 is 6.03 Å². The molecule has 1 aromatic carbocycles. The van der Waals surface area contributed by atoms with Crippen LogP contribution in [0.2, 0.25) is 0 Å². The summed E-state index contributed by atoms with van der Waals surface area (Å²) >= 11 is 0. The quantitative estimate of drug-likeness (QED) is 0.827. The van der Waals surface area contributed by atoms with Crippen LogP contribution < -0.4 is 5.32 Å². The average molecular weight is 256 g/mol. The standard InChI is InChI=1S/C16H20N2O/c1-2-10-17-16(19)18-11-8-15(9-12-18)13-14-6-4-3-5-7-14/h1,3-7,15H,8-13H2,(H,17,19). The van der Waals surface area contributed by atoms with Gasteiger partial charge in [0.1, 0.15) is 0 Å². The van der Waals surface area contributed by atoms with Gasteiger partial charge in [0, 0.05) is 13.1 Å². The molecule has 1 N–H and O–H groups in total. The number of benzene rings is 1. The molecule has 3 nitrogen and oxygen atoms in total. The highest BCUT2D eigenvalue weighted by Crippen LogP contribution is 2.21. The normalized spacial score (nSPS) is 15.8. The van der Waals surface area contributed by atoms with E-state index in [9.17, 15) is 4.79 Å². The Morgan fingerprint density at radius 2 is 2.00 bits per heavy atom. The number of carbonyl (C=O) groups excluding carboxylic acids is 1. The summed E-state index contributed by atoms with van der Waals surface area (Å²) in [6, 6.07) is 10.5. The molecule has 0 saturated carbocycles. The molecule has 0 spiro atoms. The zero-order valence-corrected chi connectivity index (χ0v) is 11.1. The van der Waals surface area contributed by atoms with Crippen LogP contribution in [0.1, 0.15) is 18.4 Å². The molecule has 100 valence electrons. The maximum Gasteiger partial charge on any atom is 0.318 e. The van der Waals surface area contributed by atoms with E-state index in [-0.39, 0.29) is 6.03 Å². The van der Waals surface area contributed by atoms with Crippen molar-refractivity contribution in [3.63, 3.8) is 0 Å². The Labute approximate surface area is 115 Å². The molecular formula is C16H20N2O. The van der Waals surface area contributed by atoms with E-state index in [1.165, 1.54) is 5.56 Å². The molecule has 3 heteroatoms. The lowest BCUT2D eigenvalue weighted by atomic mass is 9.90. The molecule has 0 atom stereocenters. The smallest absolute Gasteiger partial charge is 0.318 e. The van der Waals surface area contributed by atoms with Gasteiger partial charge in [-0.2, -0.15) is 0 Å². The Morgan fingerprint density at radius 1 is 1.32 bits per heavy atom. The highest BCUT2D eigenvalue weighted by molar-refractivity contribution is 5.74. The first-order valence-corrected chi connectivity index (χ1v) is 6.79. The van der Waals surface area contributed by atoms with Crippen LogP contribution in [-0.4, -0.2) is 30.6 Å². The van der Waals surface area contributed by atoms with Crippen LogP contribution in [0, 0.1) is 18.3 Å². The molecular weight excluding hydrogens is 236 g/mol. The SMILES string of the molecule is C#CCNC(=O)N1CCC(Cc2ccccc2)CC1. The molecule has 0 aliphatic carbocycles. The summed E-state index contributed by atoms with van der Waals surface area (Å²) in [5, 5.41) is 2.72. The third-order valence-electron chi connectivity index (χ3n) is 3.61. The highest BCUT2D eigenvalue weighted by Gasteiger charge is 2.22. The Kier molecular flexibility index (Phi) is 4.85. The Morgan fingerprint density at radius 3 is 2.63 bits per heavy atom. The third kappa shape index (κ3) is 4.03. The second kappa shape index (κ2) is 6.84. The molecule has 0 bridgehead atoms. The number of nitrogens with one attached hydrogen (secondary N) is 1. The monoisotopic (exact) mass is 256 g/mol. The molecule has 1 aliphatic rings. The zero-order chi connectivity index (χ0) is 13.5. The lowest BCUT2D eigenvalue weighted by Gasteiger charge is -2.32. The van der Waals surface area contributed by atoms with Gasteiger partial charge in [-0.25, -0.2) is 4.79 Å². The number of terminal acetylenes is 1. The number of hydrogen-bond acceptors (Lipinski definition) is 1. The molecule has 1 fully saturated rings. The van der Waals surface area contributed by atoms with Crippen LogP contribution in [0.3, 0.4) is 0 Å². The van der Waals surface area contributed by atoms with Crippen molar-refractivity contribution in [2.45, 2.75) is 19.3 Å². The molecule has 1 aromatic rings. The number of amides is 2. The van der Waals surface area contributed by atoms with Gasteiger partial charge in [-0.15, -0.1) is 6.42 Å². The zero-order valence-electron chi connectivity index (χ0n) is 11.1. The number of rotatable bonds is 3. The maximum atomic E-state index is 11.7. The fraction of sp³-hybridized carbons (Fsp3) is 0.438. The van der Waals surface area contributed by atoms with Crippen molar-refractivity contribution in [1.82, 2.24) is 10.2 Å². The molecule has 1 saturated heterocycles. The van der Waals surface area contributed by atoms with E-state index in [0.717, 1.165) is 32.4 Å². The predicted molar refractivity (Wildman–Crippen MR) is 76.7 cm³/mol. The van der Waals surface area contributed by atoms with E-state index in [0.29, 0.717) is 12.5 Å². The minimum Gasteiger partial charge on any atom is -0.327 e. The van der Waals surface area contributed by atoms with Crippen molar-refractivity contribution < 1.29 is 4.79 Å². The largest absolute Gasteiger partial charge is 0.327 e. The number of likely N-dealkylation sites (tertiary alicyclic amines) is 1. The van der Waals surface area contributed by atoms with Gasteiger partial charge in [0.2, 0.25) is 0 Å². The van der Waals surface area contributed by atoms with Crippen molar-refractivity contribution in [3.05, 3.63) is 35.9 Å². The van der Waals surface area contributed by atoms with E-state index in [4.69, 9.17) is 6.42 Å². The van der Waals surface area contributed by atoms with Crippen molar-refractivity contribution >= 4 is 6.03 Å². The van der Waals surface area contributed by atoms with Gasteiger partial charge in [-0.1, -0.05) is 36.3 Å². The van der Waals surface area contributed by atoms with Crippen LogP contribution in [-0.2, 0) is 6.42 Å². The lowest BCUT2D eigenvalue weighted by Crippen LogP contribution is -2.44. The van der Waals surface area contributed by atoms with E-state index in [2.05, 4.69) is 35.5 Å². The number of nitrogens with zero attached hydrogens (tertiary/aromatic N) is 1. The molecule has 0 aromatic heterocycles. The third-order valence-corrected chi connectivity index (χ3v) is 3.61. The molecule has 0 unspecified atom stereocenters. The minimum absolute atomic E-state index is 0.0314. The maximum absolute atomic E-state index is 11.7. The van der Waals surface area contributed by atoms with Gasteiger partial charge in [-0.05, 0) is 30.7 Å². The number of piperidine rings is 1. The van der Waals surface area contributed by atoms with Crippen molar-refractivity contribution in [3.8, 4) is 12.3 Å². The summed E-state index contributed by atoms with van der Waals surface area (Å²) in [6.45, 7) is 1.96. The topological polar surface area (TPSA) is 32.3 Å². The van der Waals surface area contributed by atoms with Crippen molar-refractivity contribution in [2.75, 3.05) is 19.6 Å². The first kappa shape index (κ1) is 13.5.